The molecular weight excluding hydrogens is 286 g/mol. The molecular formula is C15H19N3O4. The van der Waals surface area contributed by atoms with E-state index in [4.69, 9.17) is 5.11 Å². The third-order valence-electron chi connectivity index (χ3n) is 4.48. The van der Waals surface area contributed by atoms with Crippen molar-refractivity contribution < 1.29 is 14.7 Å². The van der Waals surface area contributed by atoms with Gasteiger partial charge in [-0.25, -0.2) is 4.79 Å². The van der Waals surface area contributed by atoms with E-state index in [1.54, 1.807) is 21.6 Å². The number of fused-ring (bicyclic) bond motifs is 4. The van der Waals surface area contributed by atoms with E-state index in [0.29, 0.717) is 19.6 Å². The Labute approximate surface area is 127 Å². The van der Waals surface area contributed by atoms with E-state index in [-0.39, 0.29) is 23.4 Å². The monoisotopic (exact) mass is 305 g/mol. The summed E-state index contributed by atoms with van der Waals surface area (Å²) >= 11 is 0. The van der Waals surface area contributed by atoms with Crippen molar-refractivity contribution in [1.29, 1.82) is 0 Å². The second-order valence-electron chi connectivity index (χ2n) is 6.11. The van der Waals surface area contributed by atoms with Gasteiger partial charge in [0.15, 0.2) is 0 Å². The summed E-state index contributed by atoms with van der Waals surface area (Å²) in [5, 5.41) is 11.4. The van der Waals surface area contributed by atoms with Crippen LogP contribution in [0.25, 0.3) is 0 Å². The van der Waals surface area contributed by atoms with Crippen LogP contribution in [-0.2, 0) is 11.3 Å². The van der Waals surface area contributed by atoms with Crippen LogP contribution in [0.1, 0.15) is 25.0 Å². The normalized spacial score (nSPS) is 24.3. The maximum absolute atomic E-state index is 12.2. The third kappa shape index (κ3) is 2.58. The lowest BCUT2D eigenvalue weighted by Gasteiger charge is -2.42. The second kappa shape index (κ2) is 5.47. The summed E-state index contributed by atoms with van der Waals surface area (Å²) in [5.41, 5.74) is 0.970. The molecule has 0 saturated carbocycles. The van der Waals surface area contributed by atoms with E-state index >= 15 is 0 Å². The fourth-order valence-corrected chi connectivity index (χ4v) is 3.40. The van der Waals surface area contributed by atoms with Crippen LogP contribution in [0.2, 0.25) is 0 Å². The summed E-state index contributed by atoms with van der Waals surface area (Å²) in [6, 6.07) is 3.98. The van der Waals surface area contributed by atoms with Crippen molar-refractivity contribution in [3.8, 4) is 0 Å². The Morgan fingerprint density at radius 2 is 2.09 bits per heavy atom. The van der Waals surface area contributed by atoms with Crippen LogP contribution in [0.3, 0.4) is 0 Å². The molecule has 0 aliphatic carbocycles. The molecule has 0 radical (unpaired) electrons. The Bertz CT molecular complexity index is 669. The van der Waals surface area contributed by atoms with E-state index < -0.39 is 12.0 Å². The Morgan fingerprint density at radius 3 is 2.82 bits per heavy atom. The van der Waals surface area contributed by atoms with Gasteiger partial charge in [-0.2, -0.15) is 0 Å². The molecule has 1 aromatic rings. The van der Waals surface area contributed by atoms with Crippen molar-refractivity contribution >= 4 is 12.0 Å². The number of pyridine rings is 1. The van der Waals surface area contributed by atoms with E-state index in [1.165, 1.54) is 6.92 Å². The predicted octanol–water partition coefficient (Wildman–Crippen LogP) is 0.450. The molecule has 22 heavy (non-hydrogen) atoms. The summed E-state index contributed by atoms with van der Waals surface area (Å²) < 4.78 is 1.80. The molecule has 0 spiro atoms. The van der Waals surface area contributed by atoms with E-state index in [2.05, 4.69) is 5.32 Å². The van der Waals surface area contributed by atoms with E-state index in [9.17, 15) is 14.4 Å². The maximum Gasteiger partial charge on any atom is 0.325 e. The van der Waals surface area contributed by atoms with Gasteiger partial charge in [-0.3, -0.25) is 9.59 Å². The van der Waals surface area contributed by atoms with E-state index in [1.807, 2.05) is 6.07 Å². The summed E-state index contributed by atoms with van der Waals surface area (Å²) in [6.45, 7) is 3.12. The molecule has 118 valence electrons. The van der Waals surface area contributed by atoms with Gasteiger partial charge in [-0.15, -0.1) is 0 Å². The molecule has 2 aliphatic heterocycles. The molecule has 2 amide bonds. The first-order valence-electron chi connectivity index (χ1n) is 7.43. The van der Waals surface area contributed by atoms with Crippen LogP contribution < -0.4 is 10.9 Å². The SMILES string of the molecule is C[C@@H](NC(=O)N1C[C@@H]2C[C@H](C1)c1cccc(=O)n1C2)C(=O)O. The number of likely N-dealkylation sites (tertiary alicyclic amines) is 1. The Balaban J connectivity index is 1.77. The van der Waals surface area contributed by atoms with Crippen molar-refractivity contribution in [2.75, 3.05) is 13.1 Å². The number of amides is 2. The number of nitrogens with one attached hydrogen (secondary N) is 1. The van der Waals surface area contributed by atoms with Gasteiger partial charge >= 0.3 is 12.0 Å². The molecule has 7 heteroatoms. The van der Waals surface area contributed by atoms with Crippen LogP contribution in [0, 0.1) is 5.92 Å². The minimum Gasteiger partial charge on any atom is -0.480 e. The minimum absolute atomic E-state index is 0.00426. The quantitative estimate of drug-likeness (QED) is 0.830. The third-order valence-corrected chi connectivity index (χ3v) is 4.48. The zero-order valence-electron chi connectivity index (χ0n) is 12.4. The lowest BCUT2D eigenvalue weighted by molar-refractivity contribution is -0.138. The Hall–Kier alpha value is -2.31. The Kier molecular flexibility index (Phi) is 3.64. The van der Waals surface area contributed by atoms with Crippen LogP contribution >= 0.6 is 0 Å². The zero-order valence-corrected chi connectivity index (χ0v) is 12.4. The predicted molar refractivity (Wildman–Crippen MR) is 78.8 cm³/mol. The zero-order chi connectivity index (χ0) is 15.9. The lowest BCUT2D eigenvalue weighted by atomic mass is 9.83. The average Bonchev–Trinajstić information content (AvgIpc) is 2.48. The van der Waals surface area contributed by atoms with Gasteiger partial charge in [0.1, 0.15) is 6.04 Å². The molecule has 2 bridgehead atoms. The highest BCUT2D eigenvalue weighted by molar-refractivity contribution is 5.82. The molecule has 1 aromatic heterocycles. The lowest BCUT2D eigenvalue weighted by Crippen LogP contribution is -2.54. The van der Waals surface area contributed by atoms with Gasteiger partial charge in [-0.05, 0) is 25.3 Å². The average molecular weight is 305 g/mol. The molecule has 7 nitrogen and oxygen atoms in total. The molecule has 0 unspecified atom stereocenters. The molecule has 3 atom stereocenters. The van der Waals surface area contributed by atoms with Crippen molar-refractivity contribution in [3.05, 3.63) is 34.2 Å². The smallest absolute Gasteiger partial charge is 0.325 e. The number of aliphatic carboxylic acids is 1. The van der Waals surface area contributed by atoms with Crippen LogP contribution in [0.5, 0.6) is 0 Å². The number of nitrogens with zero attached hydrogens (tertiary/aromatic N) is 2. The number of carbonyl (C=O) groups is 2. The largest absolute Gasteiger partial charge is 0.480 e. The highest BCUT2D eigenvalue weighted by atomic mass is 16.4. The highest BCUT2D eigenvalue weighted by Crippen LogP contribution is 2.34. The number of piperidine rings is 1. The topological polar surface area (TPSA) is 91.6 Å². The summed E-state index contributed by atoms with van der Waals surface area (Å²) in [7, 11) is 0. The fourth-order valence-electron chi connectivity index (χ4n) is 3.40. The van der Waals surface area contributed by atoms with Crippen molar-refractivity contribution in [2.24, 2.45) is 5.92 Å². The number of rotatable bonds is 2. The van der Waals surface area contributed by atoms with Gasteiger partial charge in [0.2, 0.25) is 0 Å². The summed E-state index contributed by atoms with van der Waals surface area (Å²) in [4.78, 5) is 36.7. The fraction of sp³-hybridized carbons (Fsp3) is 0.533. The number of hydrogen-bond acceptors (Lipinski definition) is 3. The van der Waals surface area contributed by atoms with Gasteiger partial charge in [-0.1, -0.05) is 6.07 Å². The first kappa shape index (κ1) is 14.6. The molecule has 3 heterocycles. The number of aromatic nitrogens is 1. The minimum atomic E-state index is -1.05. The molecule has 2 aliphatic rings. The van der Waals surface area contributed by atoms with Crippen molar-refractivity contribution in [2.45, 2.75) is 31.8 Å². The maximum atomic E-state index is 12.2. The van der Waals surface area contributed by atoms with Gasteiger partial charge in [0, 0.05) is 37.3 Å². The number of carboxylic acid groups (broad SMARTS) is 1. The molecule has 1 fully saturated rings. The first-order valence-corrected chi connectivity index (χ1v) is 7.43. The van der Waals surface area contributed by atoms with Crippen LogP contribution in [0.15, 0.2) is 23.0 Å². The van der Waals surface area contributed by atoms with Crippen LogP contribution in [0.4, 0.5) is 4.79 Å². The summed E-state index contributed by atoms with van der Waals surface area (Å²) in [5.74, 6) is -0.688. The summed E-state index contributed by atoms with van der Waals surface area (Å²) in [6.07, 6.45) is 0.960. The number of carbonyl (C=O) groups excluding carboxylic acids is 1. The van der Waals surface area contributed by atoms with Gasteiger partial charge in [0.05, 0.1) is 0 Å². The van der Waals surface area contributed by atoms with Crippen LogP contribution in [-0.4, -0.2) is 45.7 Å². The van der Waals surface area contributed by atoms with Gasteiger partial charge in [0.25, 0.3) is 5.56 Å². The molecule has 2 N–H and O–H groups in total. The Morgan fingerprint density at radius 1 is 1.32 bits per heavy atom. The molecule has 3 rings (SSSR count). The second-order valence-corrected chi connectivity index (χ2v) is 6.11. The molecule has 0 aromatic carbocycles. The van der Waals surface area contributed by atoms with E-state index in [0.717, 1.165) is 12.1 Å². The first-order chi connectivity index (χ1) is 10.5. The number of urea groups is 1. The number of hydrogen-bond donors (Lipinski definition) is 2. The standard InChI is InChI=1S/C15H19N3O4/c1-9(14(20)21)16-15(22)17-6-10-5-11(8-17)12-3-2-4-13(19)18(12)7-10/h2-4,9-11H,5-8H2,1H3,(H,16,22)(H,20,21)/t9-,10+,11-/m1/s1. The van der Waals surface area contributed by atoms with Crippen molar-refractivity contribution in [3.63, 3.8) is 0 Å². The molecule has 1 saturated heterocycles. The highest BCUT2D eigenvalue weighted by Gasteiger charge is 2.36. The van der Waals surface area contributed by atoms with Gasteiger partial charge < -0.3 is 19.9 Å². The van der Waals surface area contributed by atoms with Crippen molar-refractivity contribution in [1.82, 2.24) is 14.8 Å². The number of carboxylic acids is 1.